The molecular weight excluding hydrogens is 358 g/mol. The molecule has 0 radical (unpaired) electrons. The van der Waals surface area contributed by atoms with Gasteiger partial charge in [0.1, 0.15) is 5.75 Å². The molecule has 5 nitrogen and oxygen atoms in total. The number of amides is 2. The average molecular weight is 386 g/mol. The van der Waals surface area contributed by atoms with Gasteiger partial charge in [-0.25, -0.2) is 4.79 Å². The highest BCUT2D eigenvalue weighted by atomic mass is 32.1. The summed E-state index contributed by atoms with van der Waals surface area (Å²) in [6, 6.07) is 13.1. The molecule has 2 amide bonds. The van der Waals surface area contributed by atoms with E-state index >= 15 is 0 Å². The minimum Gasteiger partial charge on any atom is -0.495 e. The minimum absolute atomic E-state index is 0.144. The second-order valence-corrected chi connectivity index (χ2v) is 8.49. The van der Waals surface area contributed by atoms with Crippen LogP contribution in [-0.2, 0) is 6.54 Å². The van der Waals surface area contributed by atoms with Crippen molar-refractivity contribution in [2.24, 2.45) is 0 Å². The molecule has 0 spiro atoms. The zero-order valence-corrected chi connectivity index (χ0v) is 16.5. The van der Waals surface area contributed by atoms with Gasteiger partial charge in [0.25, 0.3) is 0 Å². The molecule has 2 aromatic rings. The molecule has 6 heteroatoms. The summed E-state index contributed by atoms with van der Waals surface area (Å²) in [5.74, 6) is 0.676. The van der Waals surface area contributed by atoms with E-state index in [-0.39, 0.29) is 12.1 Å². The standard InChI is InChI=1S/C21H27N3O2S/c1-26-20-10-3-2-9-19(20)23-21(25)22-15-12-16-6-4-7-17(13-15)24(16)14-18-8-5-11-27-18/h2-3,5,8-11,15-17H,4,6-7,12-14H2,1H3,(H2,22,23,25)/t16-,17-/m1/s1. The highest BCUT2D eigenvalue weighted by Gasteiger charge is 2.38. The van der Waals surface area contributed by atoms with E-state index in [0.717, 1.165) is 19.4 Å². The van der Waals surface area contributed by atoms with Crippen LogP contribution in [0.3, 0.4) is 0 Å². The van der Waals surface area contributed by atoms with E-state index in [9.17, 15) is 4.79 Å². The SMILES string of the molecule is COc1ccccc1NC(=O)NC1C[C@H]2CCC[C@H](C1)N2Cc1cccs1. The first-order valence-corrected chi connectivity index (χ1v) is 10.6. The minimum atomic E-state index is -0.144. The Morgan fingerprint density at radius 1 is 1.19 bits per heavy atom. The van der Waals surface area contributed by atoms with Gasteiger partial charge >= 0.3 is 6.03 Å². The summed E-state index contributed by atoms with van der Waals surface area (Å²) in [6.45, 7) is 1.05. The predicted molar refractivity (Wildman–Crippen MR) is 109 cm³/mol. The molecule has 2 aliphatic rings. The molecule has 3 heterocycles. The van der Waals surface area contributed by atoms with Gasteiger partial charge in [0.05, 0.1) is 12.8 Å². The number of nitrogens with zero attached hydrogens (tertiary/aromatic N) is 1. The Morgan fingerprint density at radius 3 is 2.67 bits per heavy atom. The van der Waals surface area contributed by atoms with Crippen LogP contribution < -0.4 is 15.4 Å². The van der Waals surface area contributed by atoms with E-state index in [1.807, 2.05) is 35.6 Å². The third-order valence-electron chi connectivity index (χ3n) is 5.73. The molecule has 2 bridgehead atoms. The van der Waals surface area contributed by atoms with E-state index in [4.69, 9.17) is 4.74 Å². The maximum absolute atomic E-state index is 12.5. The van der Waals surface area contributed by atoms with Gasteiger partial charge in [-0.05, 0) is 49.3 Å². The average Bonchev–Trinajstić information content (AvgIpc) is 3.16. The van der Waals surface area contributed by atoms with Gasteiger partial charge in [0.15, 0.2) is 0 Å². The Labute approximate surface area is 164 Å². The van der Waals surface area contributed by atoms with Crippen molar-refractivity contribution in [2.75, 3.05) is 12.4 Å². The van der Waals surface area contributed by atoms with Crippen molar-refractivity contribution in [3.05, 3.63) is 46.7 Å². The normalized spacial score (nSPS) is 25.0. The summed E-state index contributed by atoms with van der Waals surface area (Å²) in [6.07, 6.45) is 5.82. The Hall–Kier alpha value is -2.05. The quantitative estimate of drug-likeness (QED) is 0.799. The number of hydrogen-bond donors (Lipinski definition) is 2. The third-order valence-corrected chi connectivity index (χ3v) is 6.60. The number of nitrogens with one attached hydrogen (secondary N) is 2. The molecule has 0 saturated carbocycles. The van der Waals surface area contributed by atoms with Crippen LogP contribution >= 0.6 is 11.3 Å². The smallest absolute Gasteiger partial charge is 0.319 e. The molecule has 2 aliphatic heterocycles. The first-order chi connectivity index (χ1) is 13.2. The third kappa shape index (κ3) is 4.28. The van der Waals surface area contributed by atoms with Crippen LogP contribution in [0.4, 0.5) is 10.5 Å². The largest absolute Gasteiger partial charge is 0.495 e. The van der Waals surface area contributed by atoms with Crippen molar-refractivity contribution < 1.29 is 9.53 Å². The Morgan fingerprint density at radius 2 is 1.96 bits per heavy atom. The number of para-hydroxylation sites is 2. The molecule has 0 aliphatic carbocycles. The van der Waals surface area contributed by atoms with E-state index in [0.29, 0.717) is 23.5 Å². The van der Waals surface area contributed by atoms with Gasteiger partial charge in [0, 0.05) is 29.5 Å². The number of carbonyl (C=O) groups excluding carboxylic acids is 1. The lowest BCUT2D eigenvalue weighted by atomic mass is 9.81. The molecule has 0 unspecified atom stereocenters. The van der Waals surface area contributed by atoms with Gasteiger partial charge in [-0.2, -0.15) is 0 Å². The van der Waals surface area contributed by atoms with E-state index in [2.05, 4.69) is 33.0 Å². The van der Waals surface area contributed by atoms with Crippen molar-refractivity contribution >= 4 is 23.1 Å². The molecule has 2 fully saturated rings. The van der Waals surface area contributed by atoms with E-state index < -0.39 is 0 Å². The van der Waals surface area contributed by atoms with Crippen LogP contribution in [0, 0.1) is 0 Å². The first kappa shape index (κ1) is 18.3. The topological polar surface area (TPSA) is 53.6 Å². The first-order valence-electron chi connectivity index (χ1n) is 9.71. The fourth-order valence-corrected chi connectivity index (χ4v) is 5.24. The number of fused-ring (bicyclic) bond motifs is 2. The number of piperidine rings is 2. The lowest BCUT2D eigenvalue weighted by Gasteiger charge is -2.48. The van der Waals surface area contributed by atoms with Crippen LogP contribution in [0.15, 0.2) is 41.8 Å². The predicted octanol–water partition coefficient (Wildman–Crippen LogP) is 4.46. The van der Waals surface area contributed by atoms with Crippen molar-refractivity contribution in [3.8, 4) is 5.75 Å². The highest BCUT2D eigenvalue weighted by Crippen LogP contribution is 2.35. The molecule has 144 valence electrons. The van der Waals surface area contributed by atoms with Crippen LogP contribution in [0.25, 0.3) is 0 Å². The van der Waals surface area contributed by atoms with Crippen molar-refractivity contribution in [1.29, 1.82) is 0 Å². The van der Waals surface area contributed by atoms with Gasteiger partial charge < -0.3 is 15.4 Å². The molecule has 2 atom stereocenters. The summed E-state index contributed by atoms with van der Waals surface area (Å²) < 4.78 is 5.31. The molecule has 1 aromatic heterocycles. The van der Waals surface area contributed by atoms with Crippen LogP contribution in [0.1, 0.15) is 37.0 Å². The number of benzene rings is 1. The lowest BCUT2D eigenvalue weighted by molar-refractivity contribution is 0.0208. The second kappa shape index (κ2) is 8.31. The Bertz CT molecular complexity index is 751. The number of rotatable bonds is 5. The van der Waals surface area contributed by atoms with Crippen molar-refractivity contribution in [1.82, 2.24) is 10.2 Å². The second-order valence-electron chi connectivity index (χ2n) is 7.46. The summed E-state index contributed by atoms with van der Waals surface area (Å²) >= 11 is 1.84. The van der Waals surface area contributed by atoms with Gasteiger partial charge in [0.2, 0.25) is 0 Å². The molecular formula is C21H27N3O2S. The van der Waals surface area contributed by atoms with E-state index in [1.54, 1.807) is 7.11 Å². The van der Waals surface area contributed by atoms with Crippen molar-refractivity contribution in [3.63, 3.8) is 0 Å². The summed E-state index contributed by atoms with van der Waals surface area (Å²) in [7, 11) is 1.61. The highest BCUT2D eigenvalue weighted by molar-refractivity contribution is 7.09. The number of carbonyl (C=O) groups is 1. The number of anilines is 1. The van der Waals surface area contributed by atoms with Gasteiger partial charge in [-0.3, -0.25) is 4.90 Å². The fourth-order valence-electron chi connectivity index (χ4n) is 4.53. The Kier molecular flexibility index (Phi) is 5.64. The number of ether oxygens (including phenoxy) is 1. The Balaban J connectivity index is 1.36. The summed E-state index contributed by atoms with van der Waals surface area (Å²) in [5, 5.41) is 8.29. The molecule has 1 aromatic carbocycles. The number of urea groups is 1. The molecule has 4 rings (SSSR count). The maximum Gasteiger partial charge on any atom is 0.319 e. The molecule has 27 heavy (non-hydrogen) atoms. The van der Waals surface area contributed by atoms with Crippen LogP contribution in [0.2, 0.25) is 0 Å². The van der Waals surface area contributed by atoms with E-state index in [1.165, 1.54) is 24.1 Å². The summed E-state index contributed by atoms with van der Waals surface area (Å²) in [5.41, 5.74) is 0.702. The zero-order valence-electron chi connectivity index (χ0n) is 15.7. The number of hydrogen-bond acceptors (Lipinski definition) is 4. The molecule has 2 N–H and O–H groups in total. The maximum atomic E-state index is 12.5. The van der Waals surface area contributed by atoms with Crippen LogP contribution in [0.5, 0.6) is 5.75 Å². The van der Waals surface area contributed by atoms with Crippen molar-refractivity contribution in [2.45, 2.75) is 56.8 Å². The van der Waals surface area contributed by atoms with Gasteiger partial charge in [-0.15, -0.1) is 11.3 Å². The van der Waals surface area contributed by atoms with Gasteiger partial charge in [-0.1, -0.05) is 24.6 Å². The fraction of sp³-hybridized carbons (Fsp3) is 0.476. The molecule has 2 saturated heterocycles. The number of methoxy groups -OCH3 is 1. The monoisotopic (exact) mass is 385 g/mol. The van der Waals surface area contributed by atoms with Crippen LogP contribution in [-0.4, -0.2) is 36.2 Å². The zero-order chi connectivity index (χ0) is 18.6. The number of thiophene rings is 1. The summed E-state index contributed by atoms with van der Waals surface area (Å²) in [4.78, 5) is 16.6. The lowest BCUT2D eigenvalue weighted by Crippen LogP contribution is -2.56.